The lowest BCUT2D eigenvalue weighted by atomic mass is 10.3. The summed E-state index contributed by atoms with van der Waals surface area (Å²) in [6, 6.07) is 5.40. The van der Waals surface area contributed by atoms with Crippen molar-refractivity contribution in [3.8, 4) is 11.5 Å². The quantitative estimate of drug-likeness (QED) is 0.777. The molecule has 0 unspecified atom stereocenters. The summed E-state index contributed by atoms with van der Waals surface area (Å²) in [6.07, 6.45) is 1.35. The van der Waals surface area contributed by atoms with Crippen LogP contribution in [0.4, 0.5) is 0 Å². The van der Waals surface area contributed by atoms with Crippen LogP contribution in [-0.4, -0.2) is 30.6 Å². The summed E-state index contributed by atoms with van der Waals surface area (Å²) in [4.78, 5) is 22.4. The van der Waals surface area contributed by atoms with Gasteiger partial charge in [-0.3, -0.25) is 0 Å². The highest BCUT2D eigenvalue weighted by molar-refractivity contribution is 6.31. The van der Waals surface area contributed by atoms with Gasteiger partial charge in [-0.05, 0) is 25.1 Å². The van der Waals surface area contributed by atoms with Crippen LogP contribution in [0.3, 0.4) is 0 Å². The molecule has 2 aromatic heterocycles. The van der Waals surface area contributed by atoms with Crippen molar-refractivity contribution in [2.24, 2.45) is 0 Å². The van der Waals surface area contributed by atoms with E-state index in [1.807, 2.05) is 17.6 Å². The van der Waals surface area contributed by atoms with Gasteiger partial charge in [0.15, 0.2) is 11.5 Å². The van der Waals surface area contributed by atoms with Crippen LogP contribution in [0.15, 0.2) is 24.5 Å². The first-order chi connectivity index (χ1) is 9.61. The fourth-order valence-electron chi connectivity index (χ4n) is 2.23. The SMILES string of the molecule is CCn1c(-c2nc[nH]c2C(=O)O)nc2cc(Cl)ccc21. The summed E-state index contributed by atoms with van der Waals surface area (Å²) in [5.74, 6) is -0.548. The Morgan fingerprint density at radius 1 is 1.50 bits per heavy atom. The van der Waals surface area contributed by atoms with E-state index in [0.29, 0.717) is 28.6 Å². The van der Waals surface area contributed by atoms with Gasteiger partial charge in [0.2, 0.25) is 0 Å². The largest absolute Gasteiger partial charge is 0.477 e. The van der Waals surface area contributed by atoms with Gasteiger partial charge < -0.3 is 14.7 Å². The molecule has 0 radical (unpaired) electrons. The number of benzene rings is 1. The number of carbonyl (C=O) groups is 1. The zero-order chi connectivity index (χ0) is 14.3. The number of hydrogen-bond acceptors (Lipinski definition) is 3. The van der Waals surface area contributed by atoms with E-state index in [4.69, 9.17) is 16.7 Å². The van der Waals surface area contributed by atoms with E-state index in [0.717, 1.165) is 5.52 Å². The van der Waals surface area contributed by atoms with Gasteiger partial charge in [0, 0.05) is 11.6 Å². The van der Waals surface area contributed by atoms with Crippen molar-refractivity contribution in [1.29, 1.82) is 0 Å². The van der Waals surface area contributed by atoms with Gasteiger partial charge in [-0.1, -0.05) is 11.6 Å². The Hall–Kier alpha value is -2.34. The molecule has 102 valence electrons. The second kappa shape index (κ2) is 4.64. The fourth-order valence-corrected chi connectivity index (χ4v) is 2.40. The van der Waals surface area contributed by atoms with Crippen LogP contribution in [0.25, 0.3) is 22.6 Å². The minimum atomic E-state index is -1.06. The highest BCUT2D eigenvalue weighted by Crippen LogP contribution is 2.27. The Labute approximate surface area is 119 Å². The number of carboxylic acids is 1. The molecular formula is C13H11ClN4O2. The number of aromatic carboxylic acids is 1. The first kappa shape index (κ1) is 12.7. The molecule has 0 aliphatic carbocycles. The van der Waals surface area contributed by atoms with E-state index in [2.05, 4.69) is 15.0 Å². The molecule has 0 fully saturated rings. The Morgan fingerprint density at radius 2 is 2.30 bits per heavy atom. The maximum absolute atomic E-state index is 11.2. The van der Waals surface area contributed by atoms with Crippen molar-refractivity contribution in [2.45, 2.75) is 13.5 Å². The minimum Gasteiger partial charge on any atom is -0.477 e. The first-order valence-corrected chi connectivity index (χ1v) is 6.42. The number of nitrogens with one attached hydrogen (secondary N) is 1. The van der Waals surface area contributed by atoms with Crippen molar-refractivity contribution in [1.82, 2.24) is 19.5 Å². The molecule has 0 saturated heterocycles. The Bertz CT molecular complexity index is 806. The van der Waals surface area contributed by atoms with Crippen molar-refractivity contribution in [2.75, 3.05) is 0 Å². The number of imidazole rings is 2. The zero-order valence-corrected chi connectivity index (χ0v) is 11.3. The van der Waals surface area contributed by atoms with Crippen molar-refractivity contribution in [3.05, 3.63) is 35.2 Å². The molecule has 0 saturated carbocycles. The van der Waals surface area contributed by atoms with Gasteiger partial charge >= 0.3 is 5.97 Å². The van der Waals surface area contributed by atoms with E-state index in [-0.39, 0.29) is 5.69 Å². The summed E-state index contributed by atoms with van der Waals surface area (Å²) in [7, 11) is 0. The number of H-pyrrole nitrogens is 1. The molecule has 0 atom stereocenters. The van der Waals surface area contributed by atoms with Crippen LogP contribution in [0.2, 0.25) is 5.02 Å². The third-order valence-corrected chi connectivity index (χ3v) is 3.33. The second-order valence-electron chi connectivity index (χ2n) is 4.24. The number of halogens is 1. The lowest BCUT2D eigenvalue weighted by Crippen LogP contribution is -2.04. The van der Waals surface area contributed by atoms with Gasteiger partial charge in [0.25, 0.3) is 0 Å². The number of carboxylic acid groups (broad SMARTS) is 1. The third-order valence-electron chi connectivity index (χ3n) is 3.09. The molecule has 0 aliphatic rings. The molecule has 6 nitrogen and oxygen atoms in total. The van der Waals surface area contributed by atoms with E-state index in [1.165, 1.54) is 6.33 Å². The number of hydrogen-bond donors (Lipinski definition) is 2. The molecule has 2 heterocycles. The van der Waals surface area contributed by atoms with Gasteiger partial charge in [-0.25, -0.2) is 14.8 Å². The number of nitrogens with zero attached hydrogens (tertiary/aromatic N) is 3. The van der Waals surface area contributed by atoms with Crippen molar-refractivity contribution < 1.29 is 9.90 Å². The number of aromatic nitrogens is 4. The summed E-state index contributed by atoms with van der Waals surface area (Å²) >= 11 is 5.96. The number of aromatic amines is 1. The van der Waals surface area contributed by atoms with Crippen molar-refractivity contribution in [3.63, 3.8) is 0 Å². The molecule has 0 spiro atoms. The number of rotatable bonds is 3. The summed E-state index contributed by atoms with van der Waals surface area (Å²) in [5.41, 5.74) is 1.97. The lowest BCUT2D eigenvalue weighted by molar-refractivity contribution is 0.0692. The molecule has 3 rings (SSSR count). The number of fused-ring (bicyclic) bond motifs is 1. The van der Waals surface area contributed by atoms with Crippen molar-refractivity contribution >= 4 is 28.6 Å². The highest BCUT2D eigenvalue weighted by Gasteiger charge is 2.20. The van der Waals surface area contributed by atoms with E-state index < -0.39 is 5.97 Å². The molecular weight excluding hydrogens is 280 g/mol. The first-order valence-electron chi connectivity index (χ1n) is 6.04. The van der Waals surface area contributed by atoms with Crippen LogP contribution in [-0.2, 0) is 6.54 Å². The maximum atomic E-state index is 11.2. The van der Waals surface area contributed by atoms with E-state index >= 15 is 0 Å². The summed E-state index contributed by atoms with van der Waals surface area (Å²) in [5, 5.41) is 9.76. The van der Waals surface area contributed by atoms with Gasteiger partial charge in [0.05, 0.1) is 17.4 Å². The molecule has 2 N–H and O–H groups in total. The van der Waals surface area contributed by atoms with Gasteiger partial charge in [-0.2, -0.15) is 0 Å². The fraction of sp³-hybridized carbons (Fsp3) is 0.154. The number of aryl methyl sites for hydroxylation is 1. The molecule has 0 bridgehead atoms. The lowest BCUT2D eigenvalue weighted by Gasteiger charge is -2.04. The smallest absolute Gasteiger partial charge is 0.354 e. The molecule has 0 aliphatic heterocycles. The van der Waals surface area contributed by atoms with E-state index in [1.54, 1.807) is 12.1 Å². The third kappa shape index (κ3) is 1.85. The average molecular weight is 291 g/mol. The predicted molar refractivity (Wildman–Crippen MR) is 75.0 cm³/mol. The van der Waals surface area contributed by atoms with Gasteiger partial charge in [-0.15, -0.1) is 0 Å². The van der Waals surface area contributed by atoms with Crippen LogP contribution in [0.1, 0.15) is 17.4 Å². The van der Waals surface area contributed by atoms with Crippen LogP contribution >= 0.6 is 11.6 Å². The zero-order valence-electron chi connectivity index (χ0n) is 10.6. The van der Waals surface area contributed by atoms with E-state index in [9.17, 15) is 4.79 Å². The monoisotopic (exact) mass is 290 g/mol. The molecule has 3 aromatic rings. The predicted octanol–water partition coefficient (Wildman–Crippen LogP) is 2.80. The highest BCUT2D eigenvalue weighted by atomic mass is 35.5. The van der Waals surface area contributed by atoms with Gasteiger partial charge in [0.1, 0.15) is 5.69 Å². The normalized spacial score (nSPS) is 11.1. The Kier molecular flexibility index (Phi) is 2.94. The Morgan fingerprint density at radius 3 is 3.00 bits per heavy atom. The average Bonchev–Trinajstić information content (AvgIpc) is 3.01. The minimum absolute atomic E-state index is 0.0288. The second-order valence-corrected chi connectivity index (χ2v) is 4.68. The maximum Gasteiger partial charge on any atom is 0.354 e. The standard InChI is InChI=1S/C13H11ClN4O2/c1-2-18-9-4-3-7(14)5-8(9)17-12(18)10-11(13(19)20)16-6-15-10/h3-6H,2H2,1H3,(H,15,16)(H,19,20). The molecule has 1 aromatic carbocycles. The summed E-state index contributed by atoms with van der Waals surface area (Å²) in [6.45, 7) is 2.62. The topological polar surface area (TPSA) is 83.8 Å². The van der Waals surface area contributed by atoms with Crippen LogP contribution < -0.4 is 0 Å². The van der Waals surface area contributed by atoms with Crippen LogP contribution in [0.5, 0.6) is 0 Å². The van der Waals surface area contributed by atoms with Crippen LogP contribution in [0, 0.1) is 0 Å². The molecule has 0 amide bonds. The summed E-state index contributed by atoms with van der Waals surface area (Å²) < 4.78 is 1.91. The molecule has 7 heteroatoms. The molecule has 20 heavy (non-hydrogen) atoms. The Balaban J connectivity index is 2.30.